The van der Waals surface area contributed by atoms with E-state index in [1.165, 1.54) is 0 Å². The number of aromatic hydroxyl groups is 1. The molecule has 0 fully saturated rings. The highest BCUT2D eigenvalue weighted by Gasteiger charge is 2.27. The third-order valence-electron chi connectivity index (χ3n) is 5.84. The van der Waals surface area contributed by atoms with Crippen molar-refractivity contribution in [3.05, 3.63) is 83.6 Å². The summed E-state index contributed by atoms with van der Waals surface area (Å²) in [5.74, 6) is -0.223. The van der Waals surface area contributed by atoms with Gasteiger partial charge in [-0.05, 0) is 37.7 Å². The summed E-state index contributed by atoms with van der Waals surface area (Å²) in [5, 5.41) is 18.6. The van der Waals surface area contributed by atoms with Crippen LogP contribution in [0.25, 0.3) is 22.0 Å². The molecule has 0 saturated heterocycles. The first-order valence-corrected chi connectivity index (χ1v) is 11.1. The number of carbonyl (C=O) groups is 1. The zero-order valence-corrected chi connectivity index (χ0v) is 19.2. The predicted molar refractivity (Wildman–Crippen MR) is 133 cm³/mol. The fraction of sp³-hybridized carbons (Fsp3) is 0.222. The van der Waals surface area contributed by atoms with Gasteiger partial charge >= 0.3 is 5.97 Å². The van der Waals surface area contributed by atoms with Gasteiger partial charge in [0.25, 0.3) is 0 Å². The van der Waals surface area contributed by atoms with Gasteiger partial charge in [-0.1, -0.05) is 48.5 Å². The number of phenols is 1. The molecule has 33 heavy (non-hydrogen) atoms. The number of nitrogens with one attached hydrogen (secondary N) is 2. The lowest BCUT2D eigenvalue weighted by molar-refractivity contribution is 0.0527. The Morgan fingerprint density at radius 2 is 1.70 bits per heavy atom. The Bertz CT molecular complexity index is 1260. The number of carbonyl (C=O) groups excluding carboxylic acids is 1. The van der Waals surface area contributed by atoms with E-state index in [1.807, 2.05) is 85.4 Å². The minimum absolute atomic E-state index is 0.168. The van der Waals surface area contributed by atoms with Crippen molar-refractivity contribution in [3.8, 4) is 16.9 Å². The van der Waals surface area contributed by atoms with Gasteiger partial charge in [0, 0.05) is 35.8 Å². The first-order chi connectivity index (χ1) is 16.1. The zero-order chi connectivity index (χ0) is 23.4. The molecule has 0 aliphatic carbocycles. The Balaban J connectivity index is 1.96. The number of aromatic nitrogens is 1. The summed E-state index contributed by atoms with van der Waals surface area (Å²) >= 11 is 0. The molecule has 0 unspecified atom stereocenters. The Labute approximate surface area is 193 Å². The number of hydrogen-bond donors (Lipinski definition) is 3. The number of fused-ring (bicyclic) bond motifs is 1. The highest BCUT2D eigenvalue weighted by molar-refractivity contribution is 6.09. The van der Waals surface area contributed by atoms with Crippen LogP contribution in [-0.2, 0) is 24.9 Å². The van der Waals surface area contributed by atoms with E-state index in [0.717, 1.165) is 28.0 Å². The maximum Gasteiger partial charge on any atom is 0.340 e. The van der Waals surface area contributed by atoms with Crippen LogP contribution < -0.4 is 10.6 Å². The summed E-state index contributed by atoms with van der Waals surface area (Å²) < 4.78 is 7.46. The number of anilines is 1. The Morgan fingerprint density at radius 3 is 2.33 bits per heavy atom. The second-order valence-corrected chi connectivity index (χ2v) is 7.86. The molecule has 1 aromatic heterocycles. The van der Waals surface area contributed by atoms with E-state index in [-0.39, 0.29) is 12.4 Å². The fourth-order valence-electron chi connectivity index (χ4n) is 4.27. The molecular formula is C27H29N3O3. The minimum atomic E-state index is -0.392. The molecule has 0 amide bonds. The van der Waals surface area contributed by atoms with Crippen LogP contribution in [0.5, 0.6) is 5.75 Å². The smallest absolute Gasteiger partial charge is 0.340 e. The molecule has 0 saturated carbocycles. The number of phenolic OH excluding ortho intramolecular Hbond substituents is 1. The summed E-state index contributed by atoms with van der Waals surface area (Å²) in [6, 6.07) is 21.6. The van der Waals surface area contributed by atoms with Crippen LogP contribution in [0.4, 0.5) is 5.69 Å². The van der Waals surface area contributed by atoms with Crippen molar-refractivity contribution >= 4 is 22.6 Å². The van der Waals surface area contributed by atoms with Gasteiger partial charge in [-0.25, -0.2) is 4.79 Å². The first kappa shape index (κ1) is 22.4. The molecule has 6 nitrogen and oxygen atoms in total. The van der Waals surface area contributed by atoms with E-state index in [1.54, 1.807) is 6.92 Å². The van der Waals surface area contributed by atoms with Gasteiger partial charge in [0.15, 0.2) is 0 Å². The highest BCUT2D eigenvalue weighted by Crippen LogP contribution is 2.41. The molecule has 170 valence electrons. The van der Waals surface area contributed by atoms with Crippen molar-refractivity contribution in [1.29, 1.82) is 0 Å². The molecule has 0 aliphatic heterocycles. The first-order valence-electron chi connectivity index (χ1n) is 11.1. The summed E-state index contributed by atoms with van der Waals surface area (Å²) in [5.41, 5.74) is 5.43. The lowest BCUT2D eigenvalue weighted by Gasteiger charge is -2.13. The largest absolute Gasteiger partial charge is 0.507 e. The van der Waals surface area contributed by atoms with Crippen LogP contribution in [0, 0.1) is 0 Å². The lowest BCUT2D eigenvalue weighted by Crippen LogP contribution is -2.13. The summed E-state index contributed by atoms with van der Waals surface area (Å²) in [7, 11) is 3.77. The number of ether oxygens (including phenoxy) is 1. The van der Waals surface area contributed by atoms with Crippen LogP contribution in [-0.4, -0.2) is 29.3 Å². The average molecular weight is 444 g/mol. The van der Waals surface area contributed by atoms with Crippen LogP contribution in [0.2, 0.25) is 0 Å². The van der Waals surface area contributed by atoms with E-state index in [2.05, 4.69) is 10.6 Å². The number of aryl methyl sites for hydroxylation is 1. The van der Waals surface area contributed by atoms with E-state index in [9.17, 15) is 9.90 Å². The number of hydrogen-bond acceptors (Lipinski definition) is 5. The molecule has 3 N–H and O–H groups in total. The third-order valence-corrected chi connectivity index (χ3v) is 5.84. The van der Waals surface area contributed by atoms with Gasteiger partial charge in [-0.15, -0.1) is 0 Å². The Hall–Kier alpha value is -3.77. The zero-order valence-electron chi connectivity index (χ0n) is 19.2. The van der Waals surface area contributed by atoms with Gasteiger partial charge < -0.3 is 25.0 Å². The molecule has 3 aromatic carbocycles. The van der Waals surface area contributed by atoms with Crippen LogP contribution in [0.15, 0.2) is 66.7 Å². The van der Waals surface area contributed by atoms with Crippen LogP contribution in [0.3, 0.4) is 0 Å². The number of esters is 1. The maximum absolute atomic E-state index is 13.2. The predicted octanol–water partition coefficient (Wildman–Crippen LogP) is 5.06. The van der Waals surface area contributed by atoms with Crippen molar-refractivity contribution in [1.82, 2.24) is 9.88 Å². The van der Waals surface area contributed by atoms with Crippen molar-refractivity contribution in [2.45, 2.75) is 20.0 Å². The van der Waals surface area contributed by atoms with E-state index in [4.69, 9.17) is 4.74 Å². The normalized spacial score (nSPS) is 11.0. The third kappa shape index (κ3) is 4.30. The van der Waals surface area contributed by atoms with E-state index >= 15 is 0 Å². The Morgan fingerprint density at radius 1 is 1.03 bits per heavy atom. The summed E-state index contributed by atoms with van der Waals surface area (Å²) in [6.45, 7) is 2.91. The fourth-order valence-corrected chi connectivity index (χ4v) is 4.27. The number of nitrogens with zero attached hydrogens (tertiary/aromatic N) is 1. The SMILES string of the molecule is CCOC(=O)c1c(CNc2ccccc2)n(C)c2cc(-c3ccccc3)c(O)c(CNC)c12. The number of rotatable bonds is 8. The van der Waals surface area contributed by atoms with Crippen molar-refractivity contribution in [2.75, 3.05) is 19.0 Å². The van der Waals surface area contributed by atoms with Crippen molar-refractivity contribution in [2.24, 2.45) is 7.05 Å². The molecule has 4 aromatic rings. The second-order valence-electron chi connectivity index (χ2n) is 7.86. The van der Waals surface area contributed by atoms with Gasteiger partial charge in [0.2, 0.25) is 0 Å². The molecule has 6 heteroatoms. The standard InChI is InChI=1S/C27H29N3O3/c1-4-33-27(32)25-23(17-29-19-13-9-6-10-14-19)30(3)22-15-20(18-11-7-5-8-12-18)26(31)21(16-28-2)24(22)25/h5-15,28-29,31H,4,16-17H2,1-3H3. The van der Waals surface area contributed by atoms with E-state index < -0.39 is 5.97 Å². The van der Waals surface area contributed by atoms with Gasteiger partial charge in [0.1, 0.15) is 5.75 Å². The molecule has 1 heterocycles. The number of benzene rings is 3. The van der Waals surface area contributed by atoms with Crippen LogP contribution in [0.1, 0.15) is 28.5 Å². The average Bonchev–Trinajstić information content (AvgIpc) is 3.12. The maximum atomic E-state index is 13.2. The molecular weight excluding hydrogens is 414 g/mol. The van der Waals surface area contributed by atoms with Gasteiger partial charge in [0.05, 0.1) is 29.9 Å². The second kappa shape index (κ2) is 9.79. The topological polar surface area (TPSA) is 75.5 Å². The van der Waals surface area contributed by atoms with Crippen LogP contribution >= 0.6 is 0 Å². The monoisotopic (exact) mass is 443 g/mol. The minimum Gasteiger partial charge on any atom is -0.507 e. The quantitative estimate of drug-likeness (QED) is 0.332. The molecule has 0 bridgehead atoms. The summed E-state index contributed by atoms with van der Waals surface area (Å²) in [4.78, 5) is 13.2. The van der Waals surface area contributed by atoms with Gasteiger partial charge in [-0.3, -0.25) is 0 Å². The molecule has 0 aliphatic rings. The van der Waals surface area contributed by atoms with Gasteiger partial charge in [-0.2, -0.15) is 0 Å². The number of para-hydroxylation sites is 1. The molecule has 4 rings (SSSR count). The van der Waals surface area contributed by atoms with E-state index in [0.29, 0.717) is 29.6 Å². The van der Waals surface area contributed by atoms with Crippen molar-refractivity contribution < 1.29 is 14.6 Å². The lowest BCUT2D eigenvalue weighted by atomic mass is 9.96. The molecule has 0 spiro atoms. The molecule has 0 atom stereocenters. The van der Waals surface area contributed by atoms with Crippen molar-refractivity contribution in [3.63, 3.8) is 0 Å². The highest BCUT2D eigenvalue weighted by atomic mass is 16.5. The summed E-state index contributed by atoms with van der Waals surface area (Å²) in [6.07, 6.45) is 0. The molecule has 0 radical (unpaired) electrons. The Kier molecular flexibility index (Phi) is 6.66.